The average molecular weight is 329 g/mol. The van der Waals surface area contributed by atoms with Crippen molar-refractivity contribution < 1.29 is 4.39 Å². The molecule has 1 nitrogen and oxygen atoms in total. The number of nitrogens with one attached hydrogen (secondary N) is 1. The van der Waals surface area contributed by atoms with E-state index in [-0.39, 0.29) is 5.82 Å². The van der Waals surface area contributed by atoms with Crippen molar-refractivity contribution in [2.24, 2.45) is 0 Å². The molecule has 0 saturated heterocycles. The smallest absolute Gasteiger partial charge is 0.125 e. The Kier molecular flexibility index (Phi) is 4.25. The van der Waals surface area contributed by atoms with E-state index in [9.17, 15) is 4.39 Å². The second-order valence-electron chi connectivity index (χ2n) is 4.02. The molecule has 2 aromatic rings. The molecule has 1 N–H and O–H groups in total. The molecule has 4 heteroatoms. The van der Waals surface area contributed by atoms with Crippen molar-refractivity contribution in [3.63, 3.8) is 0 Å². The molecular formula is C14H12BrClFN. The summed E-state index contributed by atoms with van der Waals surface area (Å²) in [6, 6.07) is 10.8. The number of hydrogen-bond donors (Lipinski definition) is 1. The molecule has 0 atom stereocenters. The first-order valence-corrected chi connectivity index (χ1v) is 6.68. The summed E-state index contributed by atoms with van der Waals surface area (Å²) in [7, 11) is 0. The van der Waals surface area contributed by atoms with Crippen molar-refractivity contribution in [3.8, 4) is 0 Å². The fraction of sp³-hybridized carbons (Fsp3) is 0.143. The van der Waals surface area contributed by atoms with Gasteiger partial charge >= 0.3 is 0 Å². The van der Waals surface area contributed by atoms with E-state index in [4.69, 9.17) is 11.6 Å². The third-order valence-corrected chi connectivity index (χ3v) is 3.65. The maximum Gasteiger partial charge on any atom is 0.125 e. The van der Waals surface area contributed by atoms with Gasteiger partial charge in [0.05, 0.1) is 10.7 Å². The molecule has 2 aromatic carbocycles. The fourth-order valence-corrected chi connectivity index (χ4v) is 2.66. The zero-order valence-electron chi connectivity index (χ0n) is 9.81. The summed E-state index contributed by atoms with van der Waals surface area (Å²) in [4.78, 5) is 0. The first-order chi connectivity index (χ1) is 8.58. The molecule has 0 aliphatic heterocycles. The predicted molar refractivity (Wildman–Crippen MR) is 77.6 cm³/mol. The molecule has 0 radical (unpaired) electrons. The van der Waals surface area contributed by atoms with Crippen molar-refractivity contribution in [3.05, 3.63) is 62.8 Å². The zero-order valence-corrected chi connectivity index (χ0v) is 12.1. The second kappa shape index (κ2) is 5.72. The Bertz CT molecular complexity index is 548. The van der Waals surface area contributed by atoms with Crippen LogP contribution in [-0.4, -0.2) is 0 Å². The minimum atomic E-state index is -0.353. The third kappa shape index (κ3) is 3.03. The van der Waals surface area contributed by atoms with Crippen molar-refractivity contribution in [1.82, 2.24) is 0 Å². The highest BCUT2D eigenvalue weighted by Crippen LogP contribution is 2.32. The van der Waals surface area contributed by atoms with Crippen LogP contribution in [0.15, 0.2) is 40.9 Å². The lowest BCUT2D eigenvalue weighted by molar-refractivity contribution is 0.627. The molecule has 0 fully saturated rings. The van der Waals surface area contributed by atoms with E-state index in [2.05, 4.69) is 34.2 Å². The minimum Gasteiger partial charge on any atom is -0.379 e. The Morgan fingerprint density at radius 1 is 1.28 bits per heavy atom. The van der Waals surface area contributed by atoms with E-state index >= 15 is 0 Å². The van der Waals surface area contributed by atoms with Crippen molar-refractivity contribution in [1.29, 1.82) is 0 Å². The van der Waals surface area contributed by atoms with E-state index in [0.717, 1.165) is 0 Å². The van der Waals surface area contributed by atoms with Crippen LogP contribution in [0.5, 0.6) is 0 Å². The quantitative estimate of drug-likeness (QED) is 0.820. The number of aryl methyl sites for hydroxylation is 1. The van der Waals surface area contributed by atoms with Gasteiger partial charge in [-0.05, 0) is 46.1 Å². The molecule has 0 unspecified atom stereocenters. The van der Waals surface area contributed by atoms with Gasteiger partial charge in [-0.15, -0.1) is 0 Å². The average Bonchev–Trinajstić information content (AvgIpc) is 2.30. The standard InChI is InChI=1S/C14H12BrClFN/c1-9-4-2-3-5-10(9)8-18-14-12(15)6-11(17)7-13(14)16/h2-7,18H,8H2,1H3. The highest BCUT2D eigenvalue weighted by Gasteiger charge is 2.08. The Hall–Kier alpha value is -1.06. The highest BCUT2D eigenvalue weighted by atomic mass is 79.9. The Balaban J connectivity index is 2.19. The van der Waals surface area contributed by atoms with Crippen LogP contribution in [0.4, 0.5) is 10.1 Å². The summed E-state index contributed by atoms with van der Waals surface area (Å²) < 4.78 is 13.7. The van der Waals surface area contributed by atoms with Gasteiger partial charge < -0.3 is 5.32 Å². The lowest BCUT2D eigenvalue weighted by Crippen LogP contribution is -2.02. The molecule has 94 valence electrons. The Morgan fingerprint density at radius 2 is 2.00 bits per heavy atom. The minimum absolute atomic E-state index is 0.353. The molecule has 0 heterocycles. The third-order valence-electron chi connectivity index (χ3n) is 2.72. The monoisotopic (exact) mass is 327 g/mol. The molecule has 0 aliphatic carbocycles. The highest BCUT2D eigenvalue weighted by molar-refractivity contribution is 9.10. The maximum atomic E-state index is 13.1. The van der Waals surface area contributed by atoms with Gasteiger partial charge in [-0.1, -0.05) is 35.9 Å². The summed E-state index contributed by atoms with van der Waals surface area (Å²) in [6.45, 7) is 2.70. The van der Waals surface area contributed by atoms with Crippen molar-refractivity contribution in [2.45, 2.75) is 13.5 Å². The molecule has 2 rings (SSSR count). The lowest BCUT2D eigenvalue weighted by Gasteiger charge is -2.12. The Labute approximate surface area is 119 Å². The van der Waals surface area contributed by atoms with Crippen LogP contribution in [0.3, 0.4) is 0 Å². The first kappa shape index (κ1) is 13.4. The van der Waals surface area contributed by atoms with Crippen LogP contribution >= 0.6 is 27.5 Å². The number of anilines is 1. The van der Waals surface area contributed by atoms with Gasteiger partial charge in [-0.2, -0.15) is 0 Å². The van der Waals surface area contributed by atoms with Gasteiger partial charge in [0.15, 0.2) is 0 Å². The molecular weight excluding hydrogens is 317 g/mol. The Morgan fingerprint density at radius 3 is 2.67 bits per heavy atom. The number of rotatable bonds is 3. The summed E-state index contributed by atoms with van der Waals surface area (Å²) in [6.07, 6.45) is 0. The fourth-order valence-electron chi connectivity index (χ4n) is 1.70. The van der Waals surface area contributed by atoms with Crippen LogP contribution in [-0.2, 0) is 6.54 Å². The molecule has 0 bridgehead atoms. The summed E-state index contributed by atoms with van der Waals surface area (Å²) >= 11 is 9.31. The molecule has 18 heavy (non-hydrogen) atoms. The number of halogens is 3. The molecule has 0 saturated carbocycles. The van der Waals surface area contributed by atoms with Crippen LogP contribution in [0.2, 0.25) is 5.02 Å². The van der Waals surface area contributed by atoms with Gasteiger partial charge in [0.1, 0.15) is 5.82 Å². The van der Waals surface area contributed by atoms with Gasteiger partial charge in [0.2, 0.25) is 0 Å². The van der Waals surface area contributed by atoms with E-state index in [0.29, 0.717) is 21.7 Å². The van der Waals surface area contributed by atoms with Gasteiger partial charge in [0.25, 0.3) is 0 Å². The summed E-state index contributed by atoms with van der Waals surface area (Å²) in [5, 5.41) is 3.59. The van der Waals surface area contributed by atoms with Gasteiger partial charge in [-0.25, -0.2) is 4.39 Å². The SMILES string of the molecule is Cc1ccccc1CNc1c(Cl)cc(F)cc1Br. The van der Waals surface area contributed by atoms with Crippen LogP contribution < -0.4 is 5.32 Å². The van der Waals surface area contributed by atoms with Crippen molar-refractivity contribution >= 4 is 33.2 Å². The predicted octanol–water partition coefficient (Wildman–Crippen LogP) is 5.16. The van der Waals surface area contributed by atoms with Crippen LogP contribution in [0, 0.1) is 12.7 Å². The summed E-state index contributed by atoms with van der Waals surface area (Å²) in [5.41, 5.74) is 3.10. The summed E-state index contributed by atoms with van der Waals surface area (Å²) in [5.74, 6) is -0.353. The van der Waals surface area contributed by atoms with Gasteiger partial charge in [-0.3, -0.25) is 0 Å². The van der Waals surface area contributed by atoms with E-state index in [1.54, 1.807) is 0 Å². The molecule has 0 aromatic heterocycles. The second-order valence-corrected chi connectivity index (χ2v) is 5.29. The number of hydrogen-bond acceptors (Lipinski definition) is 1. The molecule has 0 aliphatic rings. The zero-order chi connectivity index (χ0) is 13.1. The van der Waals surface area contributed by atoms with Crippen LogP contribution in [0.25, 0.3) is 0 Å². The van der Waals surface area contributed by atoms with Crippen LogP contribution in [0.1, 0.15) is 11.1 Å². The van der Waals surface area contributed by atoms with E-state index in [1.165, 1.54) is 23.3 Å². The van der Waals surface area contributed by atoms with Crippen molar-refractivity contribution in [2.75, 3.05) is 5.32 Å². The number of benzene rings is 2. The van der Waals surface area contributed by atoms with E-state index < -0.39 is 0 Å². The topological polar surface area (TPSA) is 12.0 Å². The normalized spacial score (nSPS) is 10.4. The largest absolute Gasteiger partial charge is 0.379 e. The van der Waals surface area contributed by atoms with Gasteiger partial charge in [0, 0.05) is 11.0 Å². The molecule has 0 spiro atoms. The lowest BCUT2D eigenvalue weighted by atomic mass is 10.1. The molecule has 0 amide bonds. The first-order valence-electron chi connectivity index (χ1n) is 5.51. The van der Waals surface area contributed by atoms with E-state index in [1.807, 2.05) is 18.2 Å². The maximum absolute atomic E-state index is 13.1.